The predicted octanol–water partition coefficient (Wildman–Crippen LogP) is 0.343. The molecule has 1 aliphatic carbocycles. The third kappa shape index (κ3) is 1.96. The second-order valence-corrected chi connectivity index (χ2v) is 6.42. The van der Waals surface area contributed by atoms with E-state index in [2.05, 4.69) is 0 Å². The van der Waals surface area contributed by atoms with Gasteiger partial charge in [-0.05, 0) is 24.2 Å². The molecule has 0 bridgehead atoms. The van der Waals surface area contributed by atoms with Crippen molar-refractivity contribution in [2.24, 2.45) is 17.1 Å². The molecular formula is C12H22N2O2. The molecule has 3 N–H and O–H groups in total. The van der Waals surface area contributed by atoms with Gasteiger partial charge in [0.05, 0.1) is 19.1 Å². The second kappa shape index (κ2) is 3.44. The summed E-state index contributed by atoms with van der Waals surface area (Å²) < 4.78 is 0. The van der Waals surface area contributed by atoms with Crippen molar-refractivity contribution in [2.75, 3.05) is 13.1 Å². The number of amides is 1. The van der Waals surface area contributed by atoms with Crippen LogP contribution in [0.1, 0.15) is 33.6 Å². The van der Waals surface area contributed by atoms with E-state index in [4.69, 9.17) is 5.73 Å². The van der Waals surface area contributed by atoms with Gasteiger partial charge in [0.25, 0.3) is 0 Å². The lowest BCUT2D eigenvalue weighted by Gasteiger charge is -2.48. The normalized spacial score (nSPS) is 26.2. The van der Waals surface area contributed by atoms with E-state index in [9.17, 15) is 9.90 Å². The number of hydrogen-bond donors (Lipinski definition) is 2. The van der Waals surface area contributed by atoms with Crippen LogP contribution in [0.4, 0.5) is 0 Å². The minimum atomic E-state index is -0.604. The molecule has 1 aliphatic heterocycles. The molecule has 1 saturated carbocycles. The molecule has 4 nitrogen and oxygen atoms in total. The van der Waals surface area contributed by atoms with Crippen LogP contribution in [0.3, 0.4) is 0 Å². The number of nitrogens with zero attached hydrogens (tertiary/aromatic N) is 1. The molecule has 0 unspecified atom stereocenters. The fraction of sp³-hybridized carbons (Fsp3) is 0.917. The summed E-state index contributed by atoms with van der Waals surface area (Å²) in [4.78, 5) is 13.7. The Morgan fingerprint density at radius 2 is 1.94 bits per heavy atom. The number of likely N-dealkylation sites (tertiary alicyclic amines) is 1. The lowest BCUT2D eigenvalue weighted by Crippen LogP contribution is -2.68. The molecule has 2 aliphatic rings. The highest BCUT2D eigenvalue weighted by Gasteiger charge is 2.54. The van der Waals surface area contributed by atoms with Crippen molar-refractivity contribution in [1.82, 2.24) is 4.90 Å². The Hall–Kier alpha value is -0.610. The quantitative estimate of drug-likeness (QED) is 0.713. The first kappa shape index (κ1) is 11.9. The van der Waals surface area contributed by atoms with Crippen molar-refractivity contribution in [2.45, 2.75) is 45.3 Å². The summed E-state index contributed by atoms with van der Waals surface area (Å²) in [6, 6.07) is -0.476. The number of carbonyl (C=O) groups is 1. The van der Waals surface area contributed by atoms with E-state index in [1.807, 2.05) is 20.8 Å². The molecule has 2 rings (SSSR count). The van der Waals surface area contributed by atoms with Crippen molar-refractivity contribution >= 4 is 5.91 Å². The average molecular weight is 226 g/mol. The Labute approximate surface area is 96.8 Å². The molecule has 1 amide bonds. The highest BCUT2D eigenvalue weighted by Crippen LogP contribution is 2.44. The van der Waals surface area contributed by atoms with Gasteiger partial charge in [-0.2, -0.15) is 0 Å². The van der Waals surface area contributed by atoms with Crippen LogP contribution in [-0.4, -0.2) is 40.6 Å². The first-order valence-corrected chi connectivity index (χ1v) is 6.01. The first-order valence-electron chi connectivity index (χ1n) is 6.01. The molecule has 16 heavy (non-hydrogen) atoms. The van der Waals surface area contributed by atoms with Gasteiger partial charge in [0.15, 0.2) is 0 Å². The van der Waals surface area contributed by atoms with Gasteiger partial charge in [-0.3, -0.25) is 4.79 Å². The van der Waals surface area contributed by atoms with Gasteiger partial charge in [0.2, 0.25) is 5.91 Å². The largest absolute Gasteiger partial charge is 0.386 e. The van der Waals surface area contributed by atoms with E-state index in [1.54, 1.807) is 4.90 Å². The predicted molar refractivity (Wildman–Crippen MR) is 61.7 cm³/mol. The van der Waals surface area contributed by atoms with E-state index in [1.165, 1.54) is 0 Å². The molecule has 1 heterocycles. The van der Waals surface area contributed by atoms with Crippen molar-refractivity contribution < 1.29 is 9.90 Å². The number of nitrogens with two attached hydrogens (primary N) is 1. The number of β-amino-alcohol motifs (C(OH)–C–C–N with tert-alkyl or cyclic N) is 1. The summed E-state index contributed by atoms with van der Waals surface area (Å²) in [5.41, 5.74) is 5.09. The Morgan fingerprint density at radius 1 is 1.44 bits per heavy atom. The minimum Gasteiger partial charge on any atom is -0.386 e. The zero-order valence-electron chi connectivity index (χ0n) is 10.4. The maximum absolute atomic E-state index is 12.0. The molecular weight excluding hydrogens is 204 g/mol. The zero-order chi connectivity index (χ0) is 12.1. The van der Waals surface area contributed by atoms with Gasteiger partial charge in [-0.1, -0.05) is 20.8 Å². The summed E-state index contributed by atoms with van der Waals surface area (Å²) in [6.45, 7) is 6.83. The van der Waals surface area contributed by atoms with Crippen molar-refractivity contribution in [3.8, 4) is 0 Å². The number of carbonyl (C=O) groups excluding carboxylic acids is 1. The van der Waals surface area contributed by atoms with E-state index >= 15 is 0 Å². The second-order valence-electron chi connectivity index (χ2n) is 6.42. The van der Waals surface area contributed by atoms with Gasteiger partial charge >= 0.3 is 0 Å². The number of rotatable bonds is 2. The van der Waals surface area contributed by atoms with Gasteiger partial charge in [0, 0.05) is 0 Å². The summed E-state index contributed by atoms with van der Waals surface area (Å²) >= 11 is 0. The van der Waals surface area contributed by atoms with E-state index in [0.717, 1.165) is 12.8 Å². The third-order valence-corrected chi connectivity index (χ3v) is 3.78. The molecule has 0 radical (unpaired) electrons. The van der Waals surface area contributed by atoms with Crippen LogP contribution < -0.4 is 5.73 Å². The molecule has 1 saturated heterocycles. The molecule has 92 valence electrons. The Bertz CT molecular complexity index is 299. The molecule has 0 aromatic rings. The lowest BCUT2D eigenvalue weighted by atomic mass is 9.83. The van der Waals surface area contributed by atoms with Gasteiger partial charge in [0.1, 0.15) is 5.60 Å². The topological polar surface area (TPSA) is 66.6 Å². The van der Waals surface area contributed by atoms with Gasteiger partial charge in [-0.15, -0.1) is 0 Å². The summed E-state index contributed by atoms with van der Waals surface area (Å²) in [5, 5.41) is 10.1. The highest BCUT2D eigenvalue weighted by atomic mass is 16.3. The summed E-state index contributed by atoms with van der Waals surface area (Å²) in [6.07, 6.45) is 2.20. The van der Waals surface area contributed by atoms with E-state index in [-0.39, 0.29) is 11.3 Å². The summed E-state index contributed by atoms with van der Waals surface area (Å²) in [7, 11) is 0. The van der Waals surface area contributed by atoms with Crippen LogP contribution in [0.25, 0.3) is 0 Å². The fourth-order valence-electron chi connectivity index (χ4n) is 2.22. The highest BCUT2D eigenvalue weighted by molar-refractivity contribution is 5.83. The number of hydrogen-bond acceptors (Lipinski definition) is 3. The van der Waals surface area contributed by atoms with E-state index < -0.39 is 11.6 Å². The molecule has 1 atom stereocenters. The fourth-order valence-corrected chi connectivity index (χ4v) is 2.22. The SMILES string of the molecule is CC(C)(C)[C@H](N)C(=O)N1CC(O)(C2CC2)C1. The van der Waals surface area contributed by atoms with Crippen LogP contribution in [0, 0.1) is 11.3 Å². The van der Waals surface area contributed by atoms with Crippen LogP contribution in [-0.2, 0) is 4.79 Å². The van der Waals surface area contributed by atoms with Crippen LogP contribution in [0.5, 0.6) is 0 Å². The summed E-state index contributed by atoms with van der Waals surface area (Å²) in [5.74, 6) is 0.389. The Kier molecular flexibility index (Phi) is 2.55. The van der Waals surface area contributed by atoms with Gasteiger partial charge in [-0.25, -0.2) is 0 Å². The maximum Gasteiger partial charge on any atom is 0.240 e. The first-order chi connectivity index (χ1) is 7.24. The molecule has 0 aromatic carbocycles. The van der Waals surface area contributed by atoms with Crippen LogP contribution >= 0.6 is 0 Å². The Balaban J connectivity index is 1.89. The van der Waals surface area contributed by atoms with Gasteiger partial charge < -0.3 is 15.7 Å². The monoisotopic (exact) mass is 226 g/mol. The van der Waals surface area contributed by atoms with Crippen molar-refractivity contribution in [3.63, 3.8) is 0 Å². The standard InChI is InChI=1S/C12H22N2O2/c1-11(2,3)9(13)10(15)14-6-12(16,7-14)8-4-5-8/h8-9,16H,4-7,13H2,1-3H3/t9-/m1/s1. The van der Waals surface area contributed by atoms with Crippen molar-refractivity contribution in [3.05, 3.63) is 0 Å². The zero-order valence-corrected chi connectivity index (χ0v) is 10.4. The molecule has 4 heteroatoms. The lowest BCUT2D eigenvalue weighted by molar-refractivity contribution is -0.162. The smallest absolute Gasteiger partial charge is 0.240 e. The van der Waals surface area contributed by atoms with Crippen molar-refractivity contribution in [1.29, 1.82) is 0 Å². The minimum absolute atomic E-state index is 0.0298. The third-order valence-electron chi connectivity index (χ3n) is 3.78. The molecule has 2 fully saturated rings. The Morgan fingerprint density at radius 3 is 2.31 bits per heavy atom. The van der Waals surface area contributed by atoms with Crippen LogP contribution in [0.15, 0.2) is 0 Å². The van der Waals surface area contributed by atoms with E-state index in [0.29, 0.717) is 19.0 Å². The molecule has 0 spiro atoms. The number of aliphatic hydroxyl groups is 1. The average Bonchev–Trinajstić information content (AvgIpc) is 2.92. The van der Waals surface area contributed by atoms with Crippen LogP contribution in [0.2, 0.25) is 0 Å². The molecule has 0 aromatic heterocycles. The maximum atomic E-state index is 12.0.